The molecule has 34 heavy (non-hydrogen) atoms. The van der Waals surface area contributed by atoms with E-state index in [4.69, 9.17) is 32.7 Å². The average molecular weight is 503 g/mol. The van der Waals surface area contributed by atoms with E-state index in [1.807, 2.05) is 6.08 Å². The van der Waals surface area contributed by atoms with Gasteiger partial charge in [0.15, 0.2) is 0 Å². The number of halogens is 2. The second-order valence-corrected chi connectivity index (χ2v) is 8.88. The summed E-state index contributed by atoms with van der Waals surface area (Å²) in [6, 6.07) is 9.79. The Hall–Kier alpha value is -2.61. The third-order valence-electron chi connectivity index (χ3n) is 6.16. The minimum Gasteiger partial charge on any atom is -0.495 e. The van der Waals surface area contributed by atoms with E-state index in [1.165, 1.54) is 5.69 Å². The monoisotopic (exact) mass is 502 g/mol. The summed E-state index contributed by atoms with van der Waals surface area (Å²) in [5.41, 5.74) is 2.73. The molecule has 7 nitrogen and oxygen atoms in total. The molecule has 2 aromatic rings. The van der Waals surface area contributed by atoms with Gasteiger partial charge in [0.1, 0.15) is 27.4 Å². The summed E-state index contributed by atoms with van der Waals surface area (Å²) in [4.78, 5) is 11.2. The highest BCUT2D eigenvalue weighted by Gasteiger charge is 2.26. The summed E-state index contributed by atoms with van der Waals surface area (Å²) in [7, 11) is 3.09. The highest BCUT2D eigenvalue weighted by molar-refractivity contribution is 6.41. The van der Waals surface area contributed by atoms with Gasteiger partial charge in [-0.3, -0.25) is 0 Å². The predicted molar refractivity (Wildman–Crippen MR) is 142 cm³/mol. The largest absolute Gasteiger partial charge is 0.495 e. The molecule has 0 bridgehead atoms. The highest BCUT2D eigenvalue weighted by Crippen LogP contribution is 2.46. The van der Waals surface area contributed by atoms with Crippen LogP contribution in [-0.4, -0.2) is 64.2 Å². The van der Waals surface area contributed by atoms with Crippen molar-refractivity contribution in [3.63, 3.8) is 0 Å². The number of benzene rings is 2. The van der Waals surface area contributed by atoms with E-state index in [0.29, 0.717) is 33.1 Å². The summed E-state index contributed by atoms with van der Waals surface area (Å²) in [5.74, 6) is 1.62. The van der Waals surface area contributed by atoms with Crippen molar-refractivity contribution < 1.29 is 9.47 Å². The number of hydrogen-bond donors (Lipinski definition) is 1. The lowest BCUT2D eigenvalue weighted by Crippen LogP contribution is -2.46. The Bertz CT molecular complexity index is 1040. The van der Waals surface area contributed by atoms with Crippen LogP contribution in [0.5, 0.6) is 11.5 Å². The van der Waals surface area contributed by atoms with Crippen LogP contribution in [0, 0.1) is 6.92 Å². The fourth-order valence-electron chi connectivity index (χ4n) is 4.14. The molecule has 0 saturated carbocycles. The van der Waals surface area contributed by atoms with Gasteiger partial charge in [-0.15, -0.1) is 0 Å². The molecule has 2 aliphatic rings. The van der Waals surface area contributed by atoms with Crippen LogP contribution < -0.4 is 24.6 Å². The van der Waals surface area contributed by atoms with Crippen LogP contribution in [0.3, 0.4) is 0 Å². The summed E-state index contributed by atoms with van der Waals surface area (Å²) < 4.78 is 10.8. The maximum Gasteiger partial charge on any atom is 0.143 e. The van der Waals surface area contributed by atoms with Gasteiger partial charge in [-0.05, 0) is 43.8 Å². The minimum atomic E-state index is -0.305. The first-order valence-electron chi connectivity index (χ1n) is 11.3. The summed E-state index contributed by atoms with van der Waals surface area (Å²) in [6.07, 6.45) is 3.57. The summed E-state index contributed by atoms with van der Waals surface area (Å²) >= 11 is 13.1. The van der Waals surface area contributed by atoms with Crippen molar-refractivity contribution in [2.24, 2.45) is 4.99 Å². The average Bonchev–Trinajstić information content (AvgIpc) is 2.86. The van der Waals surface area contributed by atoms with Crippen LogP contribution in [-0.2, 0) is 0 Å². The lowest BCUT2D eigenvalue weighted by Gasteiger charge is -2.35. The molecule has 1 atom stereocenters. The highest BCUT2D eigenvalue weighted by atomic mass is 35.5. The van der Waals surface area contributed by atoms with Crippen molar-refractivity contribution in [1.29, 1.82) is 0 Å². The van der Waals surface area contributed by atoms with E-state index < -0.39 is 0 Å². The number of nitrogens with zero attached hydrogens (tertiary/aromatic N) is 4. The first-order valence-corrected chi connectivity index (χ1v) is 12.0. The molecule has 2 heterocycles. The van der Waals surface area contributed by atoms with Gasteiger partial charge in [0.2, 0.25) is 0 Å². The molecule has 1 N–H and O–H groups in total. The topological polar surface area (TPSA) is 52.6 Å². The zero-order valence-corrected chi connectivity index (χ0v) is 21.2. The van der Waals surface area contributed by atoms with Crippen LogP contribution in [0.2, 0.25) is 10.0 Å². The van der Waals surface area contributed by atoms with Gasteiger partial charge >= 0.3 is 0 Å². The van der Waals surface area contributed by atoms with Gasteiger partial charge in [-0.1, -0.05) is 30.1 Å². The first-order chi connectivity index (χ1) is 16.4. The van der Waals surface area contributed by atoms with E-state index in [0.717, 1.165) is 38.4 Å². The Labute approximate surface area is 211 Å². The van der Waals surface area contributed by atoms with Gasteiger partial charge in [0, 0.05) is 43.6 Å². The molecule has 1 fully saturated rings. The number of ether oxygens (including phenoxy) is 2. The molecular weight excluding hydrogens is 473 g/mol. The maximum absolute atomic E-state index is 6.56. The van der Waals surface area contributed by atoms with Crippen molar-refractivity contribution in [2.75, 3.05) is 62.1 Å². The van der Waals surface area contributed by atoms with E-state index >= 15 is 0 Å². The molecule has 9 heteroatoms. The predicted octanol–water partition coefficient (Wildman–Crippen LogP) is 5.16. The fraction of sp³-hybridized carbons (Fsp3) is 0.360. The second-order valence-electron chi connectivity index (χ2n) is 8.12. The van der Waals surface area contributed by atoms with Crippen molar-refractivity contribution in [3.8, 4) is 11.5 Å². The number of piperazine rings is 1. The number of methoxy groups -OCH3 is 2. The van der Waals surface area contributed by atoms with Crippen LogP contribution >= 0.6 is 23.2 Å². The molecule has 2 aromatic carbocycles. The van der Waals surface area contributed by atoms with E-state index in [2.05, 4.69) is 58.2 Å². The summed E-state index contributed by atoms with van der Waals surface area (Å²) in [6.45, 7) is 11.9. The molecule has 2 aliphatic heterocycles. The zero-order valence-electron chi connectivity index (χ0n) is 19.7. The molecule has 0 amide bonds. The Morgan fingerprint density at radius 1 is 1.03 bits per heavy atom. The molecule has 4 rings (SSSR count). The number of rotatable bonds is 7. The molecule has 0 aliphatic carbocycles. The molecule has 1 radical (unpaired) electrons. The van der Waals surface area contributed by atoms with Gasteiger partial charge in [0.25, 0.3) is 0 Å². The lowest BCUT2D eigenvalue weighted by molar-refractivity contribution is 0.271. The van der Waals surface area contributed by atoms with Crippen molar-refractivity contribution in [2.45, 2.75) is 13.0 Å². The number of hydrogen-bond acceptors (Lipinski definition) is 7. The molecule has 181 valence electrons. The second kappa shape index (κ2) is 10.8. The van der Waals surface area contributed by atoms with E-state index in [9.17, 15) is 0 Å². The number of aliphatic imine (C=N–C) groups is 1. The molecular formula is C25H30Cl2N5O2. The van der Waals surface area contributed by atoms with Gasteiger partial charge in [-0.2, -0.15) is 0 Å². The maximum atomic E-state index is 6.56. The number of anilines is 3. The van der Waals surface area contributed by atoms with E-state index in [-0.39, 0.29) is 6.04 Å². The summed E-state index contributed by atoms with van der Waals surface area (Å²) in [5, 5.41) is 4.10. The molecule has 0 aromatic heterocycles. The van der Waals surface area contributed by atoms with Gasteiger partial charge in [-0.25, -0.2) is 4.99 Å². The van der Waals surface area contributed by atoms with Crippen LogP contribution in [0.4, 0.5) is 17.1 Å². The Morgan fingerprint density at radius 3 is 2.18 bits per heavy atom. The van der Waals surface area contributed by atoms with Crippen LogP contribution in [0.1, 0.15) is 6.92 Å². The third kappa shape index (κ3) is 5.06. The zero-order chi connectivity index (χ0) is 24.2. The minimum absolute atomic E-state index is 0.305. The third-order valence-corrected chi connectivity index (χ3v) is 6.89. The lowest BCUT2D eigenvalue weighted by atomic mass is 10.2. The van der Waals surface area contributed by atoms with Crippen LogP contribution in [0.25, 0.3) is 0 Å². The van der Waals surface area contributed by atoms with E-state index in [1.54, 1.807) is 31.5 Å². The van der Waals surface area contributed by atoms with Crippen molar-refractivity contribution >= 4 is 46.6 Å². The quantitative estimate of drug-likeness (QED) is 0.564. The SMILES string of the molecule is [CH2]C1C=C(Nc2ccc(N3CCN(CC)CC3)cc2)N=CN1c1c(Cl)c(OC)cc(OC)c1Cl. The van der Waals surface area contributed by atoms with Crippen molar-refractivity contribution in [3.05, 3.63) is 59.2 Å². The molecule has 1 unspecified atom stereocenters. The van der Waals surface area contributed by atoms with Gasteiger partial charge in [0.05, 0.1) is 32.3 Å². The molecule has 1 saturated heterocycles. The fourth-order valence-corrected chi connectivity index (χ4v) is 4.83. The van der Waals surface area contributed by atoms with Gasteiger partial charge < -0.3 is 29.5 Å². The first kappa shape index (κ1) is 24.5. The number of nitrogens with one attached hydrogen (secondary N) is 1. The Balaban J connectivity index is 1.46. The Kier molecular flexibility index (Phi) is 7.76. The molecule has 0 spiro atoms. The standard InChI is InChI=1S/C25H30Cl2N5O2/c1-5-30-10-12-31(13-11-30)19-8-6-18(7-9-19)29-22-14-17(2)32(16-28-22)25-23(26)20(33-3)15-21(34-4)24(25)27/h6-9,14-17,29H,2,5,10-13H2,1,3-4H3. The number of likely N-dealkylation sites (N-methyl/N-ethyl adjacent to an activating group) is 1. The normalized spacial score (nSPS) is 18.6. The smallest absolute Gasteiger partial charge is 0.143 e. The Morgan fingerprint density at radius 2 is 1.65 bits per heavy atom. The van der Waals surface area contributed by atoms with Crippen molar-refractivity contribution in [1.82, 2.24) is 4.90 Å². The van der Waals surface area contributed by atoms with Crippen LogP contribution in [0.15, 0.2) is 47.2 Å².